The maximum absolute atomic E-state index is 14.4. The SMILES string of the molecule is O=C(C[C@@H]1Cc2ccccc2N1C(=O)[C@H](CCc1ccccc1)NC(=O)c1cc2ccccc2[nH]1)NCC(=O)OCc1ccccc1. The van der Waals surface area contributed by atoms with Crippen LogP contribution in [-0.2, 0) is 38.6 Å². The lowest BCUT2D eigenvalue weighted by atomic mass is 10.0. The molecule has 0 radical (unpaired) electrons. The van der Waals surface area contributed by atoms with Crippen LogP contribution in [0.25, 0.3) is 10.9 Å². The lowest BCUT2D eigenvalue weighted by Gasteiger charge is -2.30. The van der Waals surface area contributed by atoms with Crippen molar-refractivity contribution in [3.05, 3.63) is 138 Å². The van der Waals surface area contributed by atoms with Gasteiger partial charge in [-0.1, -0.05) is 97.1 Å². The summed E-state index contributed by atoms with van der Waals surface area (Å²) in [4.78, 5) is 58.2. The maximum atomic E-state index is 14.4. The summed E-state index contributed by atoms with van der Waals surface area (Å²) < 4.78 is 5.29. The fraction of sp³-hybridized carbons (Fsp3) is 0.211. The molecule has 0 spiro atoms. The number of anilines is 1. The highest BCUT2D eigenvalue weighted by atomic mass is 16.5. The van der Waals surface area contributed by atoms with Crippen molar-refractivity contribution >= 4 is 40.3 Å². The molecule has 5 aromatic rings. The molecular weight excluding hydrogens is 592 g/mol. The van der Waals surface area contributed by atoms with Gasteiger partial charge in [0.25, 0.3) is 5.91 Å². The Morgan fingerprint density at radius 1 is 0.830 bits per heavy atom. The summed E-state index contributed by atoms with van der Waals surface area (Å²) in [5, 5.41) is 6.54. The first-order valence-corrected chi connectivity index (χ1v) is 15.7. The second-order valence-electron chi connectivity index (χ2n) is 11.6. The highest BCUT2D eigenvalue weighted by Gasteiger charge is 2.38. The number of rotatable bonds is 12. The highest BCUT2D eigenvalue weighted by Crippen LogP contribution is 2.34. The monoisotopic (exact) mass is 628 g/mol. The second-order valence-corrected chi connectivity index (χ2v) is 11.6. The summed E-state index contributed by atoms with van der Waals surface area (Å²) in [6, 6.07) is 34.7. The molecule has 6 rings (SSSR count). The Hall–Kier alpha value is -5.70. The summed E-state index contributed by atoms with van der Waals surface area (Å²) in [6.07, 6.45) is 1.37. The minimum atomic E-state index is -0.862. The number of hydrogen-bond acceptors (Lipinski definition) is 5. The van der Waals surface area contributed by atoms with Gasteiger partial charge < -0.3 is 25.3 Å². The van der Waals surface area contributed by atoms with Crippen molar-refractivity contribution < 1.29 is 23.9 Å². The van der Waals surface area contributed by atoms with Crippen LogP contribution in [0.15, 0.2) is 115 Å². The molecule has 2 atom stereocenters. The smallest absolute Gasteiger partial charge is 0.325 e. The van der Waals surface area contributed by atoms with E-state index in [0.29, 0.717) is 30.6 Å². The number of amides is 3. The average molecular weight is 629 g/mol. The number of H-pyrrole nitrogens is 1. The van der Waals surface area contributed by atoms with Crippen LogP contribution in [0.4, 0.5) is 5.69 Å². The number of para-hydroxylation sites is 2. The normalized spacial score (nSPS) is 14.3. The molecule has 0 saturated carbocycles. The Morgan fingerprint density at radius 2 is 1.51 bits per heavy atom. The molecule has 47 heavy (non-hydrogen) atoms. The van der Waals surface area contributed by atoms with Crippen molar-refractivity contribution in [3.63, 3.8) is 0 Å². The molecule has 238 valence electrons. The largest absolute Gasteiger partial charge is 0.460 e. The van der Waals surface area contributed by atoms with Crippen molar-refractivity contribution in [2.45, 2.75) is 44.4 Å². The third-order valence-electron chi connectivity index (χ3n) is 8.35. The molecule has 0 bridgehead atoms. The van der Waals surface area contributed by atoms with Gasteiger partial charge in [-0.15, -0.1) is 0 Å². The number of aromatic amines is 1. The predicted octanol–water partition coefficient (Wildman–Crippen LogP) is 5.11. The molecule has 0 fully saturated rings. The van der Waals surface area contributed by atoms with Crippen LogP contribution in [-0.4, -0.2) is 47.3 Å². The van der Waals surface area contributed by atoms with E-state index in [4.69, 9.17) is 4.74 Å². The van der Waals surface area contributed by atoms with Crippen molar-refractivity contribution in [1.29, 1.82) is 0 Å². The van der Waals surface area contributed by atoms with Crippen LogP contribution in [0.5, 0.6) is 0 Å². The van der Waals surface area contributed by atoms with E-state index < -0.39 is 18.1 Å². The molecule has 0 unspecified atom stereocenters. The van der Waals surface area contributed by atoms with E-state index in [1.54, 1.807) is 11.0 Å². The van der Waals surface area contributed by atoms with Crippen LogP contribution < -0.4 is 15.5 Å². The first kappa shape index (κ1) is 31.3. The third kappa shape index (κ3) is 7.76. The van der Waals surface area contributed by atoms with E-state index in [9.17, 15) is 19.2 Å². The van der Waals surface area contributed by atoms with Gasteiger partial charge in [0, 0.05) is 29.1 Å². The molecule has 2 heterocycles. The standard InChI is InChI=1S/C38H36N4O5/c43-35(39-24-36(44)47-25-27-13-5-2-6-14-27)23-30-21-29-16-8-10-18-34(29)42(30)38(46)32(20-19-26-11-3-1-4-12-26)41-37(45)33-22-28-15-7-9-17-31(28)40-33/h1-18,22,30,32,40H,19-21,23-25H2,(H,39,43)(H,41,45)/t30-,32-/m0/s1. The Labute approximate surface area is 272 Å². The Kier molecular flexibility index (Phi) is 9.72. The van der Waals surface area contributed by atoms with Crippen LogP contribution in [0.3, 0.4) is 0 Å². The minimum Gasteiger partial charge on any atom is -0.460 e. The number of nitrogens with one attached hydrogen (secondary N) is 3. The molecule has 3 N–H and O–H groups in total. The van der Waals surface area contributed by atoms with Gasteiger partial charge in [-0.2, -0.15) is 0 Å². The zero-order valence-corrected chi connectivity index (χ0v) is 25.9. The minimum absolute atomic E-state index is 0.0201. The summed E-state index contributed by atoms with van der Waals surface area (Å²) in [5.41, 5.74) is 4.73. The third-order valence-corrected chi connectivity index (χ3v) is 8.35. The van der Waals surface area contributed by atoms with Crippen LogP contribution >= 0.6 is 0 Å². The number of nitrogens with zero attached hydrogens (tertiary/aromatic N) is 1. The van der Waals surface area contributed by atoms with Gasteiger partial charge in [-0.05, 0) is 54.2 Å². The highest BCUT2D eigenvalue weighted by molar-refractivity contribution is 6.05. The molecule has 1 aromatic heterocycles. The van der Waals surface area contributed by atoms with Gasteiger partial charge in [-0.25, -0.2) is 0 Å². The van der Waals surface area contributed by atoms with Gasteiger partial charge in [0.2, 0.25) is 11.8 Å². The van der Waals surface area contributed by atoms with Crippen molar-refractivity contribution in [2.24, 2.45) is 0 Å². The molecule has 1 aliphatic heterocycles. The summed E-state index contributed by atoms with van der Waals surface area (Å²) in [7, 11) is 0. The van der Waals surface area contributed by atoms with Crippen LogP contribution in [0.2, 0.25) is 0 Å². The topological polar surface area (TPSA) is 121 Å². The van der Waals surface area contributed by atoms with Gasteiger partial charge in [-0.3, -0.25) is 19.2 Å². The first-order valence-electron chi connectivity index (χ1n) is 15.7. The fourth-order valence-corrected chi connectivity index (χ4v) is 5.98. The maximum Gasteiger partial charge on any atom is 0.325 e. The van der Waals surface area contributed by atoms with E-state index in [1.165, 1.54) is 0 Å². The Balaban J connectivity index is 1.17. The molecule has 4 aromatic carbocycles. The summed E-state index contributed by atoms with van der Waals surface area (Å²) in [5.74, 6) is -1.61. The number of ether oxygens (including phenoxy) is 1. The number of carbonyl (C=O) groups is 4. The molecule has 0 saturated heterocycles. The van der Waals surface area contributed by atoms with Crippen molar-refractivity contribution in [1.82, 2.24) is 15.6 Å². The zero-order valence-electron chi connectivity index (χ0n) is 25.9. The van der Waals surface area contributed by atoms with Gasteiger partial charge >= 0.3 is 5.97 Å². The molecule has 1 aliphatic rings. The number of aromatic nitrogens is 1. The zero-order chi connectivity index (χ0) is 32.6. The number of benzene rings is 4. The van der Waals surface area contributed by atoms with E-state index in [2.05, 4.69) is 15.6 Å². The van der Waals surface area contributed by atoms with Crippen LogP contribution in [0, 0.1) is 0 Å². The molecule has 0 aliphatic carbocycles. The van der Waals surface area contributed by atoms with Crippen molar-refractivity contribution in [2.75, 3.05) is 11.4 Å². The summed E-state index contributed by atoms with van der Waals surface area (Å²) in [6.45, 7) is -0.163. The van der Waals surface area contributed by atoms with E-state index in [0.717, 1.165) is 27.6 Å². The van der Waals surface area contributed by atoms with Gasteiger partial charge in [0.05, 0.1) is 0 Å². The van der Waals surface area contributed by atoms with Gasteiger partial charge in [0.15, 0.2) is 0 Å². The lowest BCUT2D eigenvalue weighted by molar-refractivity contribution is -0.145. The number of hydrogen-bond donors (Lipinski definition) is 3. The number of esters is 1. The number of aryl methyl sites for hydroxylation is 1. The molecule has 9 nitrogen and oxygen atoms in total. The molecule has 3 amide bonds. The first-order chi connectivity index (χ1) is 22.9. The molecular formula is C38H36N4O5. The average Bonchev–Trinajstić information content (AvgIpc) is 3.70. The summed E-state index contributed by atoms with van der Waals surface area (Å²) >= 11 is 0. The van der Waals surface area contributed by atoms with E-state index in [1.807, 2.05) is 109 Å². The Morgan fingerprint density at radius 3 is 2.28 bits per heavy atom. The van der Waals surface area contributed by atoms with Crippen molar-refractivity contribution in [3.8, 4) is 0 Å². The number of carbonyl (C=O) groups excluding carboxylic acids is 4. The van der Waals surface area contributed by atoms with Gasteiger partial charge in [0.1, 0.15) is 24.9 Å². The second kappa shape index (κ2) is 14.6. The van der Waals surface area contributed by atoms with E-state index in [-0.39, 0.29) is 37.3 Å². The van der Waals surface area contributed by atoms with Crippen LogP contribution in [0.1, 0.15) is 40.0 Å². The Bertz CT molecular complexity index is 1840. The fourth-order valence-electron chi connectivity index (χ4n) is 5.98. The predicted molar refractivity (Wildman–Crippen MR) is 180 cm³/mol. The quantitative estimate of drug-likeness (QED) is 0.166. The van der Waals surface area contributed by atoms with E-state index >= 15 is 0 Å². The lowest BCUT2D eigenvalue weighted by Crippen LogP contribution is -2.52. The number of fused-ring (bicyclic) bond motifs is 2. The molecule has 9 heteroatoms.